The standard InChI is InChI=1S/C24H25FN2O7/c1-8(28)14-21(31)18(27(2)3)13-5-9-4-10-16(19(29)12-7-26-6-11(12)17(10)25)20(30)15(9)23(33)24(13,34)22(14)32/h9,13,18,26,29,31,33-34H,4-7H2,1-3H3/t9-,13-,18-,24+/m0/s1. The fourth-order valence-corrected chi connectivity index (χ4v) is 6.24. The zero-order chi connectivity index (χ0) is 24.9. The minimum Gasteiger partial charge on any atom is -0.510 e. The van der Waals surface area contributed by atoms with Gasteiger partial charge in [0.1, 0.15) is 28.7 Å². The second-order valence-electron chi connectivity index (χ2n) is 9.73. The molecule has 0 saturated carbocycles. The van der Waals surface area contributed by atoms with Crippen LogP contribution in [0.1, 0.15) is 40.4 Å². The predicted molar refractivity (Wildman–Crippen MR) is 116 cm³/mol. The maximum atomic E-state index is 15.4. The minimum atomic E-state index is -2.63. The number of allylic oxidation sites excluding steroid dienone is 1. The number of nitrogens with zero attached hydrogens (tertiary/aromatic N) is 1. The van der Waals surface area contributed by atoms with E-state index in [1.165, 1.54) is 4.90 Å². The Bertz CT molecular complexity index is 1260. The van der Waals surface area contributed by atoms with E-state index in [9.17, 15) is 34.8 Å². The number of nitrogens with one attached hydrogen (secondary N) is 1. The number of aliphatic hydroxyl groups excluding tert-OH is 2. The number of aromatic hydroxyl groups is 1. The van der Waals surface area contributed by atoms with Crippen molar-refractivity contribution < 1.29 is 39.2 Å². The van der Waals surface area contributed by atoms with Crippen LogP contribution in [0.25, 0.3) is 0 Å². The summed E-state index contributed by atoms with van der Waals surface area (Å²) >= 11 is 0. The molecule has 0 unspecified atom stereocenters. The largest absolute Gasteiger partial charge is 0.510 e. The van der Waals surface area contributed by atoms with Crippen LogP contribution >= 0.6 is 0 Å². The van der Waals surface area contributed by atoms with Crippen LogP contribution in [0.4, 0.5) is 4.39 Å². The van der Waals surface area contributed by atoms with Gasteiger partial charge in [-0.15, -0.1) is 0 Å². The molecule has 1 heterocycles. The number of hydrogen-bond acceptors (Lipinski definition) is 9. The molecule has 0 aromatic heterocycles. The molecule has 0 saturated heterocycles. The Kier molecular flexibility index (Phi) is 4.81. The van der Waals surface area contributed by atoms with Crippen molar-refractivity contribution >= 4 is 17.3 Å². The van der Waals surface area contributed by atoms with E-state index in [0.29, 0.717) is 5.56 Å². The van der Waals surface area contributed by atoms with Gasteiger partial charge in [-0.1, -0.05) is 0 Å². The number of benzene rings is 1. The van der Waals surface area contributed by atoms with Crippen LogP contribution < -0.4 is 5.32 Å². The number of halogens is 1. The van der Waals surface area contributed by atoms with Crippen LogP contribution in [0, 0.1) is 17.7 Å². The monoisotopic (exact) mass is 472 g/mol. The molecule has 180 valence electrons. The van der Waals surface area contributed by atoms with Crippen LogP contribution in [-0.2, 0) is 29.1 Å². The van der Waals surface area contributed by atoms with E-state index in [4.69, 9.17) is 0 Å². The number of phenolic OH excluding ortho intramolecular Hbond substituents is 1. The Hall–Kier alpha value is -3.08. The SMILES string of the molecule is CC(=O)C1=C(O)[C@@H](N(C)C)[C@@H]2C[C@@H]3Cc4c(F)c5c(c(O)c4C(=O)C3=C(O)[C@]2(O)C1=O)CNC5. The summed E-state index contributed by atoms with van der Waals surface area (Å²) < 4.78 is 15.4. The van der Waals surface area contributed by atoms with Gasteiger partial charge in [0.15, 0.2) is 17.2 Å². The van der Waals surface area contributed by atoms with Crippen molar-refractivity contribution in [1.82, 2.24) is 10.2 Å². The summed E-state index contributed by atoms with van der Waals surface area (Å²) in [6.45, 7) is 1.45. The highest BCUT2D eigenvalue weighted by atomic mass is 19.1. The Morgan fingerprint density at radius 1 is 1.12 bits per heavy atom. The van der Waals surface area contributed by atoms with Gasteiger partial charge in [-0.2, -0.15) is 0 Å². The zero-order valence-corrected chi connectivity index (χ0v) is 18.9. The maximum Gasteiger partial charge on any atom is 0.209 e. The lowest BCUT2D eigenvalue weighted by molar-refractivity contribution is -0.148. The van der Waals surface area contributed by atoms with Gasteiger partial charge < -0.3 is 25.7 Å². The molecular formula is C24H25FN2O7. The summed E-state index contributed by atoms with van der Waals surface area (Å²) in [5.74, 6) is -7.10. The lowest BCUT2D eigenvalue weighted by Crippen LogP contribution is -2.63. The minimum absolute atomic E-state index is 0.0321. The molecule has 9 nitrogen and oxygen atoms in total. The first kappa shape index (κ1) is 22.7. The summed E-state index contributed by atoms with van der Waals surface area (Å²) in [7, 11) is 3.17. The van der Waals surface area contributed by atoms with Gasteiger partial charge in [-0.05, 0) is 39.8 Å². The molecule has 5 N–H and O–H groups in total. The highest BCUT2D eigenvalue weighted by molar-refractivity contribution is 6.25. The Morgan fingerprint density at radius 3 is 2.38 bits per heavy atom. The van der Waals surface area contributed by atoms with Crippen molar-refractivity contribution in [2.75, 3.05) is 14.1 Å². The number of carbonyl (C=O) groups excluding carboxylic acids is 3. The smallest absolute Gasteiger partial charge is 0.209 e. The van der Waals surface area contributed by atoms with Crippen molar-refractivity contribution in [3.05, 3.63) is 50.7 Å². The van der Waals surface area contributed by atoms with Crippen LogP contribution in [0.2, 0.25) is 0 Å². The molecule has 1 aromatic rings. The van der Waals surface area contributed by atoms with E-state index in [0.717, 1.165) is 6.92 Å². The summed E-state index contributed by atoms with van der Waals surface area (Å²) in [6.07, 6.45) is -0.0848. The fraction of sp³-hybridized carbons (Fsp3) is 0.458. The molecule has 0 radical (unpaired) electrons. The predicted octanol–water partition coefficient (Wildman–Crippen LogP) is 0.967. The summed E-state index contributed by atoms with van der Waals surface area (Å²) in [6, 6.07) is -1.01. The third-order valence-corrected chi connectivity index (χ3v) is 7.74. The molecule has 3 aliphatic carbocycles. The van der Waals surface area contributed by atoms with Crippen LogP contribution in [0.3, 0.4) is 0 Å². The molecule has 4 aliphatic rings. The molecule has 4 atom stereocenters. The van der Waals surface area contributed by atoms with Crippen molar-refractivity contribution in [1.29, 1.82) is 0 Å². The number of rotatable bonds is 2. The second-order valence-corrected chi connectivity index (χ2v) is 9.73. The van der Waals surface area contributed by atoms with E-state index >= 15 is 4.39 Å². The Balaban J connectivity index is 1.75. The molecule has 0 fully saturated rings. The average Bonchev–Trinajstić information content (AvgIpc) is 3.24. The number of Topliss-reactive ketones (excluding diaryl/α,β-unsaturated/α-hetero) is 3. The van der Waals surface area contributed by atoms with Crippen LogP contribution in [0.5, 0.6) is 5.75 Å². The molecule has 10 heteroatoms. The van der Waals surface area contributed by atoms with Crippen molar-refractivity contribution in [2.45, 2.75) is 44.5 Å². The normalized spacial score (nSPS) is 30.4. The number of phenols is 1. The summed E-state index contributed by atoms with van der Waals surface area (Å²) in [5.41, 5.74) is -3.23. The molecule has 0 spiro atoms. The molecule has 0 amide bonds. The quantitative estimate of drug-likeness (QED) is 0.397. The number of likely N-dealkylation sites (N-methyl/N-ethyl adjacent to an activating group) is 1. The Morgan fingerprint density at radius 2 is 1.76 bits per heavy atom. The first-order valence-electron chi connectivity index (χ1n) is 11.0. The number of aliphatic hydroxyl groups is 3. The number of hydrogen-bond donors (Lipinski definition) is 5. The van der Waals surface area contributed by atoms with Crippen LogP contribution in [-0.4, -0.2) is 68.4 Å². The average molecular weight is 472 g/mol. The first-order chi connectivity index (χ1) is 15.9. The summed E-state index contributed by atoms with van der Waals surface area (Å²) in [5, 5.41) is 47.3. The molecular weight excluding hydrogens is 447 g/mol. The van der Waals surface area contributed by atoms with E-state index in [1.54, 1.807) is 14.1 Å². The maximum absolute atomic E-state index is 15.4. The van der Waals surface area contributed by atoms with Gasteiger partial charge >= 0.3 is 0 Å². The molecule has 0 bridgehead atoms. The third kappa shape index (κ3) is 2.61. The van der Waals surface area contributed by atoms with Gasteiger partial charge in [0.25, 0.3) is 0 Å². The highest BCUT2D eigenvalue weighted by Crippen LogP contribution is 2.53. The fourth-order valence-electron chi connectivity index (χ4n) is 6.24. The van der Waals surface area contributed by atoms with Crippen molar-refractivity contribution in [3.63, 3.8) is 0 Å². The van der Waals surface area contributed by atoms with E-state index in [2.05, 4.69) is 5.32 Å². The number of ketones is 3. The lowest BCUT2D eigenvalue weighted by Gasteiger charge is -2.50. The second kappa shape index (κ2) is 7.21. The van der Waals surface area contributed by atoms with Gasteiger partial charge in [-0.3, -0.25) is 19.3 Å². The van der Waals surface area contributed by atoms with Crippen molar-refractivity contribution in [3.8, 4) is 5.75 Å². The van der Waals surface area contributed by atoms with Crippen LogP contribution in [0.15, 0.2) is 22.7 Å². The topological polar surface area (TPSA) is 147 Å². The number of fused-ring (bicyclic) bond motifs is 4. The molecule has 5 rings (SSSR count). The zero-order valence-electron chi connectivity index (χ0n) is 18.9. The molecule has 1 aliphatic heterocycles. The van der Waals surface area contributed by atoms with E-state index in [-0.39, 0.29) is 53.9 Å². The van der Waals surface area contributed by atoms with Gasteiger partial charge in [0, 0.05) is 41.3 Å². The first-order valence-corrected chi connectivity index (χ1v) is 11.0. The lowest BCUT2D eigenvalue weighted by atomic mass is 9.58. The molecule has 1 aromatic carbocycles. The van der Waals surface area contributed by atoms with E-state index < -0.39 is 63.7 Å². The summed E-state index contributed by atoms with van der Waals surface area (Å²) in [4.78, 5) is 40.5. The molecule has 34 heavy (non-hydrogen) atoms. The highest BCUT2D eigenvalue weighted by Gasteiger charge is 2.63. The van der Waals surface area contributed by atoms with Gasteiger partial charge in [-0.25, -0.2) is 4.39 Å². The number of carbonyl (C=O) groups is 3. The van der Waals surface area contributed by atoms with Crippen molar-refractivity contribution in [2.24, 2.45) is 11.8 Å². The Labute approximate surface area is 194 Å². The third-order valence-electron chi connectivity index (χ3n) is 7.74. The van der Waals surface area contributed by atoms with Gasteiger partial charge in [0.2, 0.25) is 5.78 Å². The van der Waals surface area contributed by atoms with E-state index in [1.807, 2.05) is 0 Å². The van der Waals surface area contributed by atoms with Gasteiger partial charge in [0.05, 0.1) is 11.6 Å².